The summed E-state index contributed by atoms with van der Waals surface area (Å²) in [4.78, 5) is 13.8. The fraction of sp³-hybridized carbons (Fsp3) is 0.235. The Balaban J connectivity index is 1.80. The van der Waals surface area contributed by atoms with Gasteiger partial charge >= 0.3 is 0 Å². The van der Waals surface area contributed by atoms with Crippen LogP contribution in [0.15, 0.2) is 48.5 Å². The molecular weight excluding hydrogens is 280 g/mol. The summed E-state index contributed by atoms with van der Waals surface area (Å²) in [7, 11) is 1.88. The van der Waals surface area contributed by atoms with Gasteiger partial charge in [-0.2, -0.15) is 0 Å². The Kier molecular flexibility index (Phi) is 3.98. The molecule has 1 amide bonds. The lowest BCUT2D eigenvalue weighted by Gasteiger charge is -2.26. The molecule has 1 aliphatic rings. The maximum absolute atomic E-state index is 11.9. The highest BCUT2D eigenvalue weighted by Crippen LogP contribution is 2.33. The van der Waals surface area contributed by atoms with Crippen molar-refractivity contribution >= 4 is 5.91 Å². The Hall–Kier alpha value is -2.53. The summed E-state index contributed by atoms with van der Waals surface area (Å²) >= 11 is 0. The number of ether oxygens (including phenoxy) is 2. The molecule has 1 atom stereocenters. The minimum absolute atomic E-state index is 0.253. The van der Waals surface area contributed by atoms with Gasteiger partial charge in [-0.3, -0.25) is 9.69 Å². The van der Waals surface area contributed by atoms with Gasteiger partial charge in [-0.05, 0) is 30.3 Å². The number of nitrogens with zero attached hydrogens (tertiary/aromatic N) is 1. The molecule has 0 unspecified atom stereocenters. The van der Waals surface area contributed by atoms with Crippen LogP contribution in [0, 0.1) is 0 Å². The summed E-state index contributed by atoms with van der Waals surface area (Å²) in [5.74, 6) is 1.12. The number of rotatable bonds is 5. The maximum atomic E-state index is 11.9. The van der Waals surface area contributed by atoms with Crippen molar-refractivity contribution in [3.8, 4) is 11.5 Å². The van der Waals surface area contributed by atoms with E-state index in [0.29, 0.717) is 6.54 Å². The standard InChI is InChI=1S/C17H18N2O3/c1-19(16(17(18)20)13-5-3-2-4-6-13)10-12-7-8-14-15(9-12)22-11-21-14/h2-9,16H,10-11H2,1H3,(H2,18,20)/t16-/m0/s1. The van der Waals surface area contributed by atoms with Crippen molar-refractivity contribution in [2.24, 2.45) is 5.73 Å². The van der Waals surface area contributed by atoms with E-state index in [4.69, 9.17) is 15.2 Å². The van der Waals surface area contributed by atoms with Gasteiger partial charge < -0.3 is 15.2 Å². The molecule has 0 fully saturated rings. The van der Waals surface area contributed by atoms with E-state index in [-0.39, 0.29) is 12.7 Å². The van der Waals surface area contributed by atoms with Gasteiger partial charge in [0.2, 0.25) is 12.7 Å². The monoisotopic (exact) mass is 298 g/mol. The van der Waals surface area contributed by atoms with E-state index in [1.54, 1.807) is 0 Å². The zero-order valence-electron chi connectivity index (χ0n) is 12.4. The summed E-state index contributed by atoms with van der Waals surface area (Å²) in [5.41, 5.74) is 7.51. The number of hydrogen-bond donors (Lipinski definition) is 1. The zero-order chi connectivity index (χ0) is 15.5. The molecule has 114 valence electrons. The quantitative estimate of drug-likeness (QED) is 0.918. The Bertz CT molecular complexity index is 673. The first-order valence-electron chi connectivity index (χ1n) is 7.08. The van der Waals surface area contributed by atoms with Gasteiger partial charge in [0.25, 0.3) is 0 Å². The van der Waals surface area contributed by atoms with Crippen molar-refractivity contribution in [1.29, 1.82) is 0 Å². The number of carbonyl (C=O) groups is 1. The fourth-order valence-electron chi connectivity index (χ4n) is 2.69. The van der Waals surface area contributed by atoms with Gasteiger partial charge in [-0.25, -0.2) is 0 Å². The third kappa shape index (κ3) is 2.89. The minimum Gasteiger partial charge on any atom is -0.454 e. The number of benzene rings is 2. The lowest BCUT2D eigenvalue weighted by Crippen LogP contribution is -2.34. The summed E-state index contributed by atoms with van der Waals surface area (Å²) in [6, 6.07) is 14.9. The predicted octanol–water partition coefficient (Wildman–Crippen LogP) is 2.07. The van der Waals surface area contributed by atoms with E-state index in [1.807, 2.05) is 60.5 Å². The number of likely N-dealkylation sites (N-methyl/N-ethyl adjacent to an activating group) is 1. The Morgan fingerprint density at radius 3 is 2.64 bits per heavy atom. The van der Waals surface area contributed by atoms with E-state index in [1.165, 1.54) is 0 Å². The summed E-state index contributed by atoms with van der Waals surface area (Å²) in [5, 5.41) is 0. The summed E-state index contributed by atoms with van der Waals surface area (Å²) in [6.07, 6.45) is 0. The van der Waals surface area contributed by atoms with Crippen molar-refractivity contribution < 1.29 is 14.3 Å². The van der Waals surface area contributed by atoms with Crippen LogP contribution in [-0.2, 0) is 11.3 Å². The topological polar surface area (TPSA) is 64.8 Å². The highest BCUT2D eigenvalue weighted by Gasteiger charge is 2.23. The average molecular weight is 298 g/mol. The smallest absolute Gasteiger partial charge is 0.239 e. The van der Waals surface area contributed by atoms with Crippen LogP contribution >= 0.6 is 0 Å². The molecule has 1 aliphatic heterocycles. The van der Waals surface area contributed by atoms with E-state index < -0.39 is 6.04 Å². The van der Waals surface area contributed by atoms with Gasteiger partial charge in [0, 0.05) is 6.54 Å². The molecular formula is C17H18N2O3. The van der Waals surface area contributed by atoms with E-state index in [2.05, 4.69) is 0 Å². The molecule has 0 radical (unpaired) electrons. The molecule has 22 heavy (non-hydrogen) atoms. The second kappa shape index (κ2) is 6.07. The van der Waals surface area contributed by atoms with Crippen LogP contribution in [0.4, 0.5) is 0 Å². The van der Waals surface area contributed by atoms with Crippen LogP contribution in [0.3, 0.4) is 0 Å². The van der Waals surface area contributed by atoms with Crippen molar-refractivity contribution in [2.45, 2.75) is 12.6 Å². The molecule has 1 heterocycles. The highest BCUT2D eigenvalue weighted by atomic mass is 16.7. The van der Waals surface area contributed by atoms with Crippen molar-refractivity contribution in [3.63, 3.8) is 0 Å². The fourth-order valence-corrected chi connectivity index (χ4v) is 2.69. The van der Waals surface area contributed by atoms with Crippen LogP contribution in [-0.4, -0.2) is 24.6 Å². The van der Waals surface area contributed by atoms with Crippen LogP contribution in [0.1, 0.15) is 17.2 Å². The Morgan fingerprint density at radius 1 is 1.18 bits per heavy atom. The predicted molar refractivity (Wildman–Crippen MR) is 82.4 cm³/mol. The number of amides is 1. The third-order valence-corrected chi connectivity index (χ3v) is 3.69. The summed E-state index contributed by atoms with van der Waals surface area (Å²) < 4.78 is 10.7. The average Bonchev–Trinajstić information content (AvgIpc) is 2.95. The molecule has 5 nitrogen and oxygen atoms in total. The second-order valence-corrected chi connectivity index (χ2v) is 5.32. The molecule has 5 heteroatoms. The summed E-state index contributed by atoms with van der Waals surface area (Å²) in [6.45, 7) is 0.835. The molecule has 0 spiro atoms. The van der Waals surface area contributed by atoms with E-state index in [9.17, 15) is 4.79 Å². The van der Waals surface area contributed by atoms with Gasteiger partial charge in [0.15, 0.2) is 11.5 Å². The minimum atomic E-state index is -0.466. The molecule has 0 bridgehead atoms. The van der Waals surface area contributed by atoms with Gasteiger partial charge in [0.05, 0.1) is 0 Å². The Labute approximate surface area is 129 Å². The SMILES string of the molecule is CN(Cc1ccc2c(c1)OCO2)[C@H](C(N)=O)c1ccccc1. The lowest BCUT2D eigenvalue weighted by atomic mass is 10.0. The maximum Gasteiger partial charge on any atom is 0.239 e. The first-order valence-corrected chi connectivity index (χ1v) is 7.08. The number of nitrogens with two attached hydrogens (primary N) is 1. The molecule has 2 aromatic rings. The van der Waals surface area contributed by atoms with Crippen LogP contribution in [0.5, 0.6) is 11.5 Å². The van der Waals surface area contributed by atoms with Crippen molar-refractivity contribution in [2.75, 3.05) is 13.8 Å². The van der Waals surface area contributed by atoms with E-state index in [0.717, 1.165) is 22.6 Å². The molecule has 3 rings (SSSR count). The van der Waals surface area contributed by atoms with E-state index >= 15 is 0 Å². The Morgan fingerprint density at radius 2 is 1.91 bits per heavy atom. The molecule has 2 aromatic carbocycles. The lowest BCUT2D eigenvalue weighted by molar-refractivity contribution is -0.123. The van der Waals surface area contributed by atoms with Gasteiger partial charge in [-0.1, -0.05) is 36.4 Å². The molecule has 2 N–H and O–H groups in total. The van der Waals surface area contributed by atoms with Crippen LogP contribution < -0.4 is 15.2 Å². The number of carbonyl (C=O) groups excluding carboxylic acids is 1. The van der Waals surface area contributed by atoms with Crippen LogP contribution in [0.25, 0.3) is 0 Å². The van der Waals surface area contributed by atoms with Gasteiger partial charge in [0.1, 0.15) is 6.04 Å². The number of hydrogen-bond acceptors (Lipinski definition) is 4. The first kappa shape index (κ1) is 14.4. The van der Waals surface area contributed by atoms with Crippen molar-refractivity contribution in [3.05, 3.63) is 59.7 Å². The normalized spacial score (nSPS) is 14.1. The largest absolute Gasteiger partial charge is 0.454 e. The highest BCUT2D eigenvalue weighted by molar-refractivity contribution is 5.81. The molecule has 0 aromatic heterocycles. The van der Waals surface area contributed by atoms with Gasteiger partial charge in [-0.15, -0.1) is 0 Å². The first-order chi connectivity index (χ1) is 10.6. The third-order valence-electron chi connectivity index (χ3n) is 3.69. The molecule has 0 saturated carbocycles. The van der Waals surface area contributed by atoms with Crippen molar-refractivity contribution in [1.82, 2.24) is 4.90 Å². The number of fused-ring (bicyclic) bond motifs is 1. The molecule has 0 aliphatic carbocycles. The van der Waals surface area contributed by atoms with Crippen LogP contribution in [0.2, 0.25) is 0 Å². The zero-order valence-corrected chi connectivity index (χ0v) is 12.4. The number of primary amides is 1. The molecule has 0 saturated heterocycles. The second-order valence-electron chi connectivity index (χ2n) is 5.32.